The van der Waals surface area contributed by atoms with Gasteiger partial charge < -0.3 is 15.6 Å². The molecule has 2 amide bonds. The normalized spacial score (nSPS) is 13.3. The summed E-state index contributed by atoms with van der Waals surface area (Å²) in [6, 6.07) is 14.2. The predicted molar refractivity (Wildman–Crippen MR) is 106 cm³/mol. The fourth-order valence-corrected chi connectivity index (χ4v) is 2.98. The van der Waals surface area contributed by atoms with Crippen molar-refractivity contribution in [2.45, 2.75) is 31.7 Å². The lowest BCUT2D eigenvalue weighted by Crippen LogP contribution is -2.27. The van der Waals surface area contributed by atoms with Crippen LogP contribution in [0.25, 0.3) is 10.9 Å². The Morgan fingerprint density at radius 1 is 1.07 bits per heavy atom. The number of benzene rings is 2. The number of H-pyrrole nitrogens is 1. The van der Waals surface area contributed by atoms with E-state index in [1.807, 2.05) is 6.07 Å². The molecule has 1 heterocycles. The number of aryl methyl sites for hydroxylation is 1. The van der Waals surface area contributed by atoms with Crippen molar-refractivity contribution in [2.24, 2.45) is 0 Å². The van der Waals surface area contributed by atoms with Crippen LogP contribution in [0.1, 0.15) is 35.4 Å². The SMILES string of the molecule is O=C(CCc1nc2ccccc2c(=O)[nH]1)Nc1ccccc1C(=O)NC1CC1. The van der Waals surface area contributed by atoms with Gasteiger partial charge in [0.1, 0.15) is 5.82 Å². The van der Waals surface area contributed by atoms with Crippen LogP contribution in [-0.4, -0.2) is 27.8 Å². The van der Waals surface area contributed by atoms with Crippen molar-refractivity contribution in [3.05, 3.63) is 70.3 Å². The minimum atomic E-state index is -0.248. The molecule has 0 radical (unpaired) electrons. The second-order valence-corrected chi connectivity index (χ2v) is 6.87. The van der Waals surface area contributed by atoms with Crippen LogP contribution in [0.2, 0.25) is 0 Å². The monoisotopic (exact) mass is 376 g/mol. The summed E-state index contributed by atoms with van der Waals surface area (Å²) in [5.74, 6) is 0.0278. The van der Waals surface area contributed by atoms with E-state index in [9.17, 15) is 14.4 Å². The number of carbonyl (C=O) groups excluding carboxylic acids is 2. The quantitative estimate of drug-likeness (QED) is 0.614. The maximum atomic E-state index is 12.4. The van der Waals surface area contributed by atoms with Crippen LogP contribution < -0.4 is 16.2 Å². The lowest BCUT2D eigenvalue weighted by molar-refractivity contribution is -0.116. The average molecular weight is 376 g/mol. The number of rotatable bonds is 6. The van der Waals surface area contributed by atoms with Crippen LogP contribution in [-0.2, 0) is 11.2 Å². The van der Waals surface area contributed by atoms with Gasteiger partial charge >= 0.3 is 0 Å². The number of aromatic nitrogens is 2. The van der Waals surface area contributed by atoms with Gasteiger partial charge in [0.2, 0.25) is 5.91 Å². The average Bonchev–Trinajstić information content (AvgIpc) is 3.51. The first-order valence-electron chi connectivity index (χ1n) is 9.28. The Labute approximate surface area is 161 Å². The summed E-state index contributed by atoms with van der Waals surface area (Å²) in [6.45, 7) is 0. The lowest BCUT2D eigenvalue weighted by atomic mass is 10.1. The van der Waals surface area contributed by atoms with E-state index >= 15 is 0 Å². The zero-order chi connectivity index (χ0) is 19.5. The van der Waals surface area contributed by atoms with Crippen molar-refractivity contribution < 1.29 is 9.59 Å². The number of anilines is 1. The fraction of sp³-hybridized carbons (Fsp3) is 0.238. The topological polar surface area (TPSA) is 104 Å². The summed E-state index contributed by atoms with van der Waals surface area (Å²) >= 11 is 0. The Morgan fingerprint density at radius 2 is 1.82 bits per heavy atom. The fourth-order valence-electron chi connectivity index (χ4n) is 2.98. The number of carbonyl (C=O) groups is 2. The van der Waals surface area contributed by atoms with Gasteiger partial charge in [-0.25, -0.2) is 4.98 Å². The van der Waals surface area contributed by atoms with E-state index in [1.165, 1.54) is 0 Å². The van der Waals surface area contributed by atoms with Gasteiger partial charge in [0.05, 0.1) is 22.2 Å². The van der Waals surface area contributed by atoms with Crippen molar-refractivity contribution in [3.8, 4) is 0 Å². The van der Waals surface area contributed by atoms with Crippen LogP contribution in [0.3, 0.4) is 0 Å². The molecule has 4 rings (SSSR count). The number of para-hydroxylation sites is 2. The smallest absolute Gasteiger partial charge is 0.258 e. The molecular weight excluding hydrogens is 356 g/mol. The maximum Gasteiger partial charge on any atom is 0.258 e. The van der Waals surface area contributed by atoms with E-state index in [0.717, 1.165) is 12.8 Å². The second kappa shape index (κ2) is 7.64. The summed E-state index contributed by atoms with van der Waals surface area (Å²) in [5.41, 5.74) is 1.30. The van der Waals surface area contributed by atoms with Gasteiger partial charge in [0.15, 0.2) is 0 Å². The molecule has 1 aliphatic carbocycles. The molecule has 1 aromatic heterocycles. The second-order valence-electron chi connectivity index (χ2n) is 6.87. The van der Waals surface area contributed by atoms with Crippen LogP contribution in [0, 0.1) is 0 Å². The Kier molecular flexibility index (Phi) is 4.89. The highest BCUT2D eigenvalue weighted by Crippen LogP contribution is 2.21. The predicted octanol–water partition coefficient (Wildman–Crippen LogP) is 2.39. The van der Waals surface area contributed by atoms with Crippen LogP contribution in [0.4, 0.5) is 5.69 Å². The largest absolute Gasteiger partial charge is 0.349 e. The number of nitrogens with zero attached hydrogens (tertiary/aromatic N) is 1. The van der Waals surface area contributed by atoms with E-state index in [0.29, 0.717) is 34.4 Å². The molecule has 3 N–H and O–H groups in total. The van der Waals surface area contributed by atoms with E-state index in [1.54, 1.807) is 42.5 Å². The van der Waals surface area contributed by atoms with E-state index < -0.39 is 0 Å². The van der Waals surface area contributed by atoms with Gasteiger partial charge in [-0.3, -0.25) is 14.4 Å². The molecule has 1 fully saturated rings. The number of amides is 2. The van der Waals surface area contributed by atoms with Gasteiger partial charge in [0.25, 0.3) is 11.5 Å². The minimum Gasteiger partial charge on any atom is -0.349 e. The van der Waals surface area contributed by atoms with Gasteiger partial charge in [0, 0.05) is 18.9 Å². The number of aromatic amines is 1. The standard InChI is InChI=1S/C21H20N4O3/c26-19(12-11-18-23-16-7-3-1-5-14(16)21(28)25-18)24-17-8-4-2-6-15(17)20(27)22-13-9-10-13/h1-8,13H,9-12H2,(H,22,27)(H,24,26)(H,23,25,28). The number of hydrogen-bond acceptors (Lipinski definition) is 4. The molecule has 1 saturated carbocycles. The first-order chi connectivity index (χ1) is 13.6. The molecule has 1 aliphatic rings. The van der Waals surface area contributed by atoms with Crippen molar-refractivity contribution in [3.63, 3.8) is 0 Å². The Hall–Kier alpha value is -3.48. The molecule has 28 heavy (non-hydrogen) atoms. The minimum absolute atomic E-state index is 0.139. The van der Waals surface area contributed by atoms with Crippen LogP contribution >= 0.6 is 0 Å². The molecule has 7 heteroatoms. The van der Waals surface area contributed by atoms with Crippen LogP contribution in [0.15, 0.2) is 53.3 Å². The molecule has 3 aromatic rings. The molecule has 0 atom stereocenters. The zero-order valence-corrected chi connectivity index (χ0v) is 15.2. The molecule has 0 bridgehead atoms. The van der Waals surface area contributed by atoms with E-state index in [2.05, 4.69) is 20.6 Å². The van der Waals surface area contributed by atoms with Crippen molar-refractivity contribution in [2.75, 3.05) is 5.32 Å². The summed E-state index contributed by atoms with van der Waals surface area (Å²) in [4.78, 5) is 43.9. The number of fused-ring (bicyclic) bond motifs is 1. The van der Waals surface area contributed by atoms with Gasteiger partial charge in [-0.15, -0.1) is 0 Å². The highest BCUT2D eigenvalue weighted by Gasteiger charge is 2.25. The molecule has 142 valence electrons. The first-order valence-corrected chi connectivity index (χ1v) is 9.28. The van der Waals surface area contributed by atoms with Gasteiger partial charge in [-0.2, -0.15) is 0 Å². The molecule has 2 aromatic carbocycles. The van der Waals surface area contributed by atoms with E-state index in [4.69, 9.17) is 0 Å². The van der Waals surface area contributed by atoms with Crippen molar-refractivity contribution in [1.29, 1.82) is 0 Å². The van der Waals surface area contributed by atoms with Crippen molar-refractivity contribution in [1.82, 2.24) is 15.3 Å². The molecule has 0 saturated heterocycles. The summed E-state index contributed by atoms with van der Waals surface area (Å²) < 4.78 is 0. The first kappa shape index (κ1) is 17.9. The van der Waals surface area contributed by atoms with Crippen molar-refractivity contribution >= 4 is 28.4 Å². The summed E-state index contributed by atoms with van der Waals surface area (Å²) in [7, 11) is 0. The third-order valence-electron chi connectivity index (χ3n) is 4.61. The number of nitrogens with one attached hydrogen (secondary N) is 3. The summed E-state index contributed by atoms with van der Waals surface area (Å²) in [6.07, 6.45) is 2.43. The highest BCUT2D eigenvalue weighted by atomic mass is 16.2. The van der Waals surface area contributed by atoms with Gasteiger partial charge in [-0.1, -0.05) is 24.3 Å². The molecule has 0 unspecified atom stereocenters. The lowest BCUT2D eigenvalue weighted by Gasteiger charge is -2.11. The summed E-state index contributed by atoms with van der Waals surface area (Å²) in [5, 5.41) is 6.23. The third kappa shape index (κ3) is 4.09. The highest BCUT2D eigenvalue weighted by molar-refractivity contribution is 6.03. The Balaban J connectivity index is 1.42. The molecule has 7 nitrogen and oxygen atoms in total. The molecular formula is C21H20N4O3. The molecule has 0 spiro atoms. The zero-order valence-electron chi connectivity index (χ0n) is 15.2. The maximum absolute atomic E-state index is 12.4. The van der Waals surface area contributed by atoms with Crippen LogP contribution in [0.5, 0.6) is 0 Å². The third-order valence-corrected chi connectivity index (χ3v) is 4.61. The number of hydrogen-bond donors (Lipinski definition) is 3. The van der Waals surface area contributed by atoms with Gasteiger partial charge in [-0.05, 0) is 37.1 Å². The Morgan fingerprint density at radius 3 is 2.64 bits per heavy atom. The van der Waals surface area contributed by atoms with E-state index in [-0.39, 0.29) is 29.8 Å². The Bertz CT molecular complexity index is 1100. The molecule has 0 aliphatic heterocycles.